The van der Waals surface area contributed by atoms with E-state index in [1.807, 2.05) is 0 Å². The summed E-state index contributed by atoms with van der Waals surface area (Å²) in [5.74, 6) is -0.341. The number of hydrogen-bond donors (Lipinski definition) is 0. The molecule has 132 valence electrons. The second kappa shape index (κ2) is 6.76. The van der Waals surface area contributed by atoms with Crippen molar-refractivity contribution in [2.75, 3.05) is 26.7 Å². The SMILES string of the molecule is C[C@H]1OC2(CCN(C(F)Cc3cccc(F)c3)CC2)CN(C)C1=O. The van der Waals surface area contributed by atoms with E-state index in [9.17, 15) is 13.6 Å². The number of ether oxygens (including phenoxy) is 1. The average molecular weight is 338 g/mol. The van der Waals surface area contributed by atoms with E-state index in [4.69, 9.17) is 4.74 Å². The fourth-order valence-electron chi connectivity index (χ4n) is 3.76. The first-order valence-electron chi connectivity index (χ1n) is 8.44. The van der Waals surface area contributed by atoms with Crippen molar-refractivity contribution in [1.29, 1.82) is 0 Å². The van der Waals surface area contributed by atoms with Crippen LogP contribution in [-0.2, 0) is 16.0 Å². The molecule has 4 nitrogen and oxygen atoms in total. The van der Waals surface area contributed by atoms with Crippen molar-refractivity contribution in [2.24, 2.45) is 0 Å². The van der Waals surface area contributed by atoms with Crippen LogP contribution in [0.3, 0.4) is 0 Å². The molecule has 2 heterocycles. The molecule has 0 saturated carbocycles. The lowest BCUT2D eigenvalue weighted by Crippen LogP contribution is -2.60. The zero-order valence-electron chi connectivity index (χ0n) is 14.2. The lowest BCUT2D eigenvalue weighted by Gasteiger charge is -2.48. The molecule has 2 aliphatic heterocycles. The molecule has 6 heteroatoms. The van der Waals surface area contributed by atoms with Gasteiger partial charge in [0.1, 0.15) is 11.9 Å². The molecule has 1 aromatic carbocycles. The number of benzene rings is 1. The minimum Gasteiger partial charge on any atom is -0.360 e. The smallest absolute Gasteiger partial charge is 0.251 e. The predicted octanol–water partition coefficient (Wildman–Crippen LogP) is 2.38. The Morgan fingerprint density at radius 1 is 1.38 bits per heavy atom. The van der Waals surface area contributed by atoms with E-state index in [-0.39, 0.29) is 23.7 Å². The lowest BCUT2D eigenvalue weighted by molar-refractivity contribution is -0.189. The number of rotatable bonds is 3. The number of nitrogens with zero attached hydrogens (tertiary/aromatic N) is 2. The highest BCUT2D eigenvalue weighted by molar-refractivity contribution is 5.81. The van der Waals surface area contributed by atoms with Gasteiger partial charge in [0.05, 0.1) is 5.60 Å². The summed E-state index contributed by atoms with van der Waals surface area (Å²) >= 11 is 0. The average Bonchev–Trinajstić information content (AvgIpc) is 2.53. The maximum Gasteiger partial charge on any atom is 0.251 e. The van der Waals surface area contributed by atoms with Crippen LogP contribution in [0, 0.1) is 5.82 Å². The fraction of sp³-hybridized carbons (Fsp3) is 0.611. The van der Waals surface area contributed by atoms with E-state index in [0.717, 1.165) is 0 Å². The van der Waals surface area contributed by atoms with E-state index >= 15 is 0 Å². The van der Waals surface area contributed by atoms with Crippen LogP contribution in [0.1, 0.15) is 25.3 Å². The van der Waals surface area contributed by atoms with Gasteiger partial charge in [-0.25, -0.2) is 8.78 Å². The van der Waals surface area contributed by atoms with Crippen molar-refractivity contribution in [2.45, 2.75) is 44.2 Å². The van der Waals surface area contributed by atoms with E-state index < -0.39 is 12.4 Å². The molecule has 0 aliphatic carbocycles. The van der Waals surface area contributed by atoms with Gasteiger partial charge in [-0.05, 0) is 37.5 Å². The Labute approximate surface area is 141 Å². The van der Waals surface area contributed by atoms with Crippen molar-refractivity contribution in [3.63, 3.8) is 0 Å². The number of halogens is 2. The second-order valence-electron chi connectivity index (χ2n) is 6.94. The molecule has 3 rings (SSSR count). The summed E-state index contributed by atoms with van der Waals surface area (Å²) in [4.78, 5) is 15.3. The Morgan fingerprint density at radius 3 is 2.71 bits per heavy atom. The van der Waals surface area contributed by atoms with Gasteiger partial charge >= 0.3 is 0 Å². The number of alkyl halides is 1. The number of amides is 1. The Bertz CT molecular complexity index is 586. The number of hydrogen-bond acceptors (Lipinski definition) is 3. The topological polar surface area (TPSA) is 32.8 Å². The van der Waals surface area contributed by atoms with Gasteiger partial charge in [0, 0.05) is 33.1 Å². The number of piperidine rings is 1. The normalized spacial score (nSPS) is 25.9. The second-order valence-corrected chi connectivity index (χ2v) is 6.94. The summed E-state index contributed by atoms with van der Waals surface area (Å²) < 4.78 is 33.8. The third kappa shape index (κ3) is 3.59. The quantitative estimate of drug-likeness (QED) is 0.794. The van der Waals surface area contributed by atoms with Gasteiger partial charge in [-0.15, -0.1) is 0 Å². The third-order valence-corrected chi connectivity index (χ3v) is 5.07. The Hall–Kier alpha value is -1.53. The maximum absolute atomic E-state index is 14.6. The van der Waals surface area contributed by atoms with Crippen molar-refractivity contribution in [3.8, 4) is 0 Å². The molecule has 1 spiro atoms. The van der Waals surface area contributed by atoms with Gasteiger partial charge in [-0.2, -0.15) is 0 Å². The molecule has 0 bridgehead atoms. The van der Waals surface area contributed by atoms with Crippen LogP contribution in [0.5, 0.6) is 0 Å². The molecule has 2 aliphatic rings. The van der Waals surface area contributed by atoms with Crippen LogP contribution in [0.15, 0.2) is 24.3 Å². The van der Waals surface area contributed by atoms with Gasteiger partial charge < -0.3 is 9.64 Å². The fourth-order valence-corrected chi connectivity index (χ4v) is 3.76. The van der Waals surface area contributed by atoms with Crippen LogP contribution in [0.25, 0.3) is 0 Å². The van der Waals surface area contributed by atoms with E-state index in [2.05, 4.69) is 0 Å². The van der Waals surface area contributed by atoms with Crippen LogP contribution in [-0.4, -0.2) is 60.4 Å². The van der Waals surface area contributed by atoms with Gasteiger partial charge in [0.15, 0.2) is 6.30 Å². The molecule has 0 N–H and O–H groups in total. The number of likely N-dealkylation sites (N-methyl/N-ethyl adjacent to an activating group) is 1. The molecular weight excluding hydrogens is 314 g/mol. The van der Waals surface area contributed by atoms with Gasteiger partial charge in [-0.3, -0.25) is 9.69 Å². The molecule has 1 aromatic rings. The zero-order chi connectivity index (χ0) is 17.3. The highest BCUT2D eigenvalue weighted by Crippen LogP contribution is 2.33. The van der Waals surface area contributed by atoms with Crippen molar-refractivity contribution in [3.05, 3.63) is 35.6 Å². The summed E-state index contributed by atoms with van der Waals surface area (Å²) in [5.41, 5.74) is 0.299. The molecule has 2 saturated heterocycles. The Kier molecular flexibility index (Phi) is 4.88. The molecule has 0 radical (unpaired) electrons. The summed E-state index contributed by atoms with van der Waals surface area (Å²) in [7, 11) is 1.79. The number of likely N-dealkylation sites (tertiary alicyclic amines) is 1. The van der Waals surface area contributed by atoms with Crippen LogP contribution < -0.4 is 0 Å². The first-order valence-corrected chi connectivity index (χ1v) is 8.44. The molecule has 0 aromatic heterocycles. The van der Waals surface area contributed by atoms with E-state index in [1.165, 1.54) is 12.1 Å². The standard InChI is InChI=1S/C18H24F2N2O2/c1-13-17(23)21(2)12-18(24-13)6-8-22(9-7-18)16(20)11-14-4-3-5-15(19)10-14/h3-5,10,13,16H,6-9,11-12H2,1-2H3/t13-,16?/m1/s1. The van der Waals surface area contributed by atoms with Gasteiger partial charge in [-0.1, -0.05) is 12.1 Å². The van der Waals surface area contributed by atoms with Crippen LogP contribution in [0.2, 0.25) is 0 Å². The zero-order valence-corrected chi connectivity index (χ0v) is 14.2. The molecule has 1 unspecified atom stereocenters. The summed E-state index contributed by atoms with van der Waals surface area (Å²) in [5, 5.41) is 0. The van der Waals surface area contributed by atoms with Crippen LogP contribution >= 0.6 is 0 Å². The lowest BCUT2D eigenvalue weighted by atomic mass is 9.88. The number of carbonyl (C=O) groups is 1. The van der Waals surface area contributed by atoms with Crippen molar-refractivity contribution in [1.82, 2.24) is 9.80 Å². The van der Waals surface area contributed by atoms with Crippen molar-refractivity contribution >= 4 is 5.91 Å². The maximum atomic E-state index is 14.6. The summed E-state index contributed by atoms with van der Waals surface area (Å²) in [6.45, 7) is 3.48. The first kappa shape index (κ1) is 17.3. The minimum atomic E-state index is -1.13. The molecule has 24 heavy (non-hydrogen) atoms. The largest absolute Gasteiger partial charge is 0.360 e. The van der Waals surface area contributed by atoms with E-state index in [1.54, 1.807) is 35.9 Å². The molecule has 2 fully saturated rings. The van der Waals surface area contributed by atoms with Gasteiger partial charge in [0.25, 0.3) is 5.91 Å². The highest BCUT2D eigenvalue weighted by atomic mass is 19.1. The van der Waals surface area contributed by atoms with Crippen molar-refractivity contribution < 1.29 is 18.3 Å². The monoisotopic (exact) mass is 338 g/mol. The summed E-state index contributed by atoms with van der Waals surface area (Å²) in [6, 6.07) is 6.09. The minimum absolute atomic E-state index is 0.00229. The summed E-state index contributed by atoms with van der Waals surface area (Å²) in [6.07, 6.45) is -0.00872. The predicted molar refractivity (Wildman–Crippen MR) is 86.7 cm³/mol. The first-order chi connectivity index (χ1) is 11.4. The van der Waals surface area contributed by atoms with Gasteiger partial charge in [0.2, 0.25) is 0 Å². The Balaban J connectivity index is 1.57. The highest BCUT2D eigenvalue weighted by Gasteiger charge is 2.44. The van der Waals surface area contributed by atoms with E-state index in [0.29, 0.717) is 38.0 Å². The number of carbonyl (C=O) groups excluding carboxylic acids is 1. The third-order valence-electron chi connectivity index (χ3n) is 5.07. The molecule has 1 amide bonds. The molecular formula is C18H24F2N2O2. The molecule has 2 atom stereocenters. The Morgan fingerprint density at radius 2 is 2.08 bits per heavy atom. The number of morpholine rings is 1. The van der Waals surface area contributed by atoms with Crippen LogP contribution in [0.4, 0.5) is 8.78 Å².